The molecule has 2 heteroatoms. The third-order valence-electron chi connectivity index (χ3n) is 4.87. The second-order valence-corrected chi connectivity index (χ2v) is 6.93. The molecule has 0 N–H and O–H groups in total. The van der Waals surface area contributed by atoms with Crippen LogP contribution in [0.1, 0.15) is 48.2 Å². The van der Waals surface area contributed by atoms with Crippen LogP contribution in [0, 0.1) is 18.3 Å². The molecule has 0 amide bonds. The number of aryl methyl sites for hydroxylation is 1. The Morgan fingerprint density at radius 2 is 1.95 bits per heavy atom. The van der Waals surface area contributed by atoms with E-state index < -0.39 is 0 Å². The largest absolute Gasteiger partial charge is 0.303 e. The van der Waals surface area contributed by atoms with Crippen molar-refractivity contribution in [2.45, 2.75) is 40.0 Å². The number of likely N-dealkylation sites (tertiary alicyclic amines) is 1. The molecule has 1 radical (unpaired) electrons. The molecule has 1 saturated heterocycles. The first-order chi connectivity index (χ1) is 9.50. The maximum atomic E-state index is 12.8. The van der Waals surface area contributed by atoms with Crippen molar-refractivity contribution in [1.29, 1.82) is 0 Å². The highest BCUT2D eigenvalue weighted by Crippen LogP contribution is 2.44. The number of piperidine rings is 1. The third kappa shape index (κ3) is 2.31. The number of hydrogen-bond donors (Lipinski definition) is 0. The van der Waals surface area contributed by atoms with Gasteiger partial charge in [-0.15, -0.1) is 0 Å². The second-order valence-electron chi connectivity index (χ2n) is 6.93. The summed E-state index contributed by atoms with van der Waals surface area (Å²) >= 11 is 0. The molecule has 20 heavy (non-hydrogen) atoms. The summed E-state index contributed by atoms with van der Waals surface area (Å²) in [5.74, 6) is 1.86. The van der Waals surface area contributed by atoms with Crippen LogP contribution in [0.3, 0.4) is 0 Å². The molecule has 2 nitrogen and oxygen atoms in total. The van der Waals surface area contributed by atoms with Crippen molar-refractivity contribution in [2.24, 2.45) is 5.41 Å². The van der Waals surface area contributed by atoms with Crippen LogP contribution < -0.4 is 0 Å². The molecule has 1 fully saturated rings. The lowest BCUT2D eigenvalue weighted by molar-refractivity contribution is 0.0642. The van der Waals surface area contributed by atoms with E-state index in [-0.39, 0.29) is 5.41 Å². The standard InChI is InChI=1S/C18H24NO/c1-13(2)12-19-8-6-18(7-9-19)11-15-10-14(3)4-5-16(15)17(18)20/h4-5,10H,6-9,11-12H2,1-3H3. The Kier molecular flexibility index (Phi) is 3.45. The fourth-order valence-corrected chi connectivity index (χ4v) is 3.81. The number of hydrogen-bond acceptors (Lipinski definition) is 2. The van der Waals surface area contributed by atoms with Gasteiger partial charge in [-0.25, -0.2) is 0 Å². The van der Waals surface area contributed by atoms with Crippen molar-refractivity contribution in [3.05, 3.63) is 40.8 Å². The molecule has 1 aliphatic carbocycles. The first-order valence-corrected chi connectivity index (χ1v) is 7.66. The van der Waals surface area contributed by atoms with Crippen LogP contribution in [0.2, 0.25) is 0 Å². The normalized spacial score (nSPS) is 21.7. The fraction of sp³-hybridized carbons (Fsp3) is 0.556. The Morgan fingerprint density at radius 3 is 2.60 bits per heavy atom. The number of carbonyl (C=O) groups excluding carboxylic acids is 1. The van der Waals surface area contributed by atoms with Crippen LogP contribution in [0.25, 0.3) is 0 Å². The minimum absolute atomic E-state index is 0.0890. The van der Waals surface area contributed by atoms with Gasteiger partial charge in [-0.3, -0.25) is 4.79 Å². The highest BCUT2D eigenvalue weighted by atomic mass is 16.1. The second kappa shape index (κ2) is 5.00. The third-order valence-corrected chi connectivity index (χ3v) is 4.87. The predicted molar refractivity (Wildman–Crippen MR) is 81.9 cm³/mol. The van der Waals surface area contributed by atoms with E-state index in [0.717, 1.165) is 44.5 Å². The van der Waals surface area contributed by atoms with Crippen LogP contribution in [-0.2, 0) is 6.42 Å². The predicted octanol–water partition coefficient (Wildman–Crippen LogP) is 3.43. The molecule has 1 spiro atoms. The molecular weight excluding hydrogens is 246 g/mol. The van der Waals surface area contributed by atoms with Crippen molar-refractivity contribution >= 4 is 5.78 Å². The van der Waals surface area contributed by atoms with E-state index in [1.807, 2.05) is 6.07 Å². The van der Waals surface area contributed by atoms with Crippen LogP contribution in [0.15, 0.2) is 18.2 Å². The zero-order chi connectivity index (χ0) is 14.3. The molecule has 0 atom stereocenters. The highest BCUT2D eigenvalue weighted by Gasteiger charge is 2.46. The molecule has 1 aliphatic heterocycles. The molecule has 1 aromatic carbocycles. The number of rotatable bonds is 2. The van der Waals surface area contributed by atoms with E-state index in [1.54, 1.807) is 0 Å². The molecule has 1 heterocycles. The Labute approximate surface area is 122 Å². The van der Waals surface area contributed by atoms with Gasteiger partial charge in [0, 0.05) is 17.5 Å². The lowest BCUT2D eigenvalue weighted by atomic mass is 9.75. The summed E-state index contributed by atoms with van der Waals surface area (Å²) in [7, 11) is 0. The average Bonchev–Trinajstić information content (AvgIpc) is 2.65. The first-order valence-electron chi connectivity index (χ1n) is 7.66. The summed E-state index contributed by atoms with van der Waals surface area (Å²) in [6, 6.07) is 6.32. The molecule has 0 bridgehead atoms. The van der Waals surface area contributed by atoms with Crippen molar-refractivity contribution in [3.8, 4) is 0 Å². The molecule has 1 aromatic rings. The van der Waals surface area contributed by atoms with Gasteiger partial charge in [-0.2, -0.15) is 0 Å². The summed E-state index contributed by atoms with van der Waals surface area (Å²) in [6.07, 6.45) is 3.01. The van der Waals surface area contributed by atoms with E-state index in [9.17, 15) is 4.79 Å². The minimum Gasteiger partial charge on any atom is -0.303 e. The van der Waals surface area contributed by atoms with E-state index >= 15 is 0 Å². The van der Waals surface area contributed by atoms with Crippen LogP contribution in [0.4, 0.5) is 0 Å². The van der Waals surface area contributed by atoms with Crippen molar-refractivity contribution < 1.29 is 4.79 Å². The van der Waals surface area contributed by atoms with Gasteiger partial charge in [0.2, 0.25) is 0 Å². The molecule has 0 saturated carbocycles. The zero-order valence-corrected chi connectivity index (χ0v) is 12.8. The lowest BCUT2D eigenvalue weighted by Gasteiger charge is -2.38. The number of fused-ring (bicyclic) bond motifs is 1. The quantitative estimate of drug-likeness (QED) is 0.820. The van der Waals surface area contributed by atoms with Gasteiger partial charge in [0.05, 0.1) is 0 Å². The smallest absolute Gasteiger partial charge is 0.169 e. The highest BCUT2D eigenvalue weighted by molar-refractivity contribution is 6.05. The van der Waals surface area contributed by atoms with Gasteiger partial charge in [0.25, 0.3) is 0 Å². The molecule has 0 unspecified atom stereocenters. The number of Topliss-reactive ketones (excluding diaryl/α,β-unsaturated/α-hetero) is 1. The van der Waals surface area contributed by atoms with E-state index in [0.29, 0.717) is 5.78 Å². The van der Waals surface area contributed by atoms with Crippen LogP contribution in [-0.4, -0.2) is 30.3 Å². The van der Waals surface area contributed by atoms with Crippen LogP contribution >= 0.6 is 0 Å². The van der Waals surface area contributed by atoms with E-state index in [4.69, 9.17) is 0 Å². The van der Waals surface area contributed by atoms with Crippen molar-refractivity contribution in [3.63, 3.8) is 0 Å². The number of benzene rings is 1. The summed E-state index contributed by atoms with van der Waals surface area (Å²) in [5, 5.41) is 0. The Hall–Kier alpha value is -1.15. The van der Waals surface area contributed by atoms with Crippen LogP contribution in [0.5, 0.6) is 0 Å². The Balaban J connectivity index is 1.76. The summed E-state index contributed by atoms with van der Waals surface area (Å²) in [5.41, 5.74) is 3.44. The summed E-state index contributed by atoms with van der Waals surface area (Å²) in [4.78, 5) is 15.3. The monoisotopic (exact) mass is 270 g/mol. The molecular formula is C18H24NO. The fourth-order valence-electron chi connectivity index (χ4n) is 3.81. The average molecular weight is 270 g/mol. The Bertz CT molecular complexity index is 524. The van der Waals surface area contributed by atoms with E-state index in [1.165, 1.54) is 17.0 Å². The number of ketones is 1. The maximum Gasteiger partial charge on any atom is 0.169 e. The zero-order valence-electron chi connectivity index (χ0n) is 12.8. The lowest BCUT2D eigenvalue weighted by Crippen LogP contribution is -2.44. The van der Waals surface area contributed by atoms with Gasteiger partial charge in [-0.1, -0.05) is 37.6 Å². The van der Waals surface area contributed by atoms with Crippen molar-refractivity contribution in [2.75, 3.05) is 19.6 Å². The molecule has 0 aromatic heterocycles. The molecule has 107 valence electrons. The van der Waals surface area contributed by atoms with E-state index in [2.05, 4.69) is 37.8 Å². The maximum absolute atomic E-state index is 12.8. The van der Waals surface area contributed by atoms with Gasteiger partial charge >= 0.3 is 0 Å². The van der Waals surface area contributed by atoms with Gasteiger partial charge in [-0.05, 0) is 50.8 Å². The summed E-state index contributed by atoms with van der Waals surface area (Å²) in [6.45, 7) is 9.68. The Morgan fingerprint density at radius 1 is 1.25 bits per heavy atom. The topological polar surface area (TPSA) is 20.3 Å². The molecule has 3 rings (SSSR count). The SMILES string of the molecule is C[C](C)CN1CCC2(CC1)Cc1cc(C)ccc1C2=O. The number of nitrogens with zero attached hydrogens (tertiary/aromatic N) is 1. The molecule has 2 aliphatic rings. The van der Waals surface area contributed by atoms with Crippen molar-refractivity contribution in [1.82, 2.24) is 4.90 Å². The van der Waals surface area contributed by atoms with Gasteiger partial charge in [0.15, 0.2) is 5.78 Å². The number of carbonyl (C=O) groups is 1. The minimum atomic E-state index is -0.0890. The van der Waals surface area contributed by atoms with Gasteiger partial charge < -0.3 is 4.90 Å². The van der Waals surface area contributed by atoms with Gasteiger partial charge in [0.1, 0.15) is 0 Å². The summed E-state index contributed by atoms with van der Waals surface area (Å²) < 4.78 is 0. The first kappa shape index (κ1) is 13.8.